The van der Waals surface area contributed by atoms with Crippen molar-refractivity contribution < 1.29 is 14.4 Å². The van der Waals surface area contributed by atoms with Gasteiger partial charge in [0.2, 0.25) is 0 Å². The Morgan fingerprint density at radius 3 is 2.16 bits per heavy atom. The van der Waals surface area contributed by atoms with Gasteiger partial charge in [-0.2, -0.15) is 0 Å². The number of hydrogen-bond acceptors (Lipinski definition) is 5. The summed E-state index contributed by atoms with van der Waals surface area (Å²) in [6.45, 7) is 1.64. The van der Waals surface area contributed by atoms with Gasteiger partial charge in [0.25, 0.3) is 11.4 Å². The summed E-state index contributed by atoms with van der Waals surface area (Å²) < 4.78 is 0.250. The van der Waals surface area contributed by atoms with Gasteiger partial charge in [0.15, 0.2) is 0 Å². The van der Waals surface area contributed by atoms with Crippen LogP contribution in [0.5, 0.6) is 0 Å². The Kier molecular flexibility index (Phi) is 3.95. The number of nitrogens with zero attached hydrogens (tertiary/aromatic N) is 4. The predicted molar refractivity (Wildman–Crippen MR) is 70.0 cm³/mol. The molecule has 0 aromatic heterocycles. The lowest BCUT2D eigenvalue weighted by Gasteiger charge is -2.16. The van der Waals surface area contributed by atoms with E-state index >= 15 is 0 Å². The molecular formula is C11H15N4O4+. The zero-order valence-electron chi connectivity index (χ0n) is 11.2. The normalized spacial score (nSPS) is 12.3. The van der Waals surface area contributed by atoms with Crippen molar-refractivity contribution in [1.29, 1.82) is 0 Å². The highest BCUT2D eigenvalue weighted by Crippen LogP contribution is 2.25. The van der Waals surface area contributed by atoms with Crippen LogP contribution < -0.4 is 0 Å². The summed E-state index contributed by atoms with van der Waals surface area (Å²) in [6.07, 6.45) is 0. The van der Waals surface area contributed by atoms with Crippen molar-refractivity contribution in [3.8, 4) is 0 Å². The van der Waals surface area contributed by atoms with E-state index in [1.165, 1.54) is 12.1 Å². The van der Waals surface area contributed by atoms with Gasteiger partial charge in [-0.25, -0.2) is 4.59 Å². The molecule has 0 amide bonds. The summed E-state index contributed by atoms with van der Waals surface area (Å²) in [5.41, 5.74) is 0.107. The largest absolute Gasteiger partial charge is 0.285 e. The minimum Gasteiger partial charge on any atom is -0.258 e. The maximum atomic E-state index is 11.0. The molecule has 19 heavy (non-hydrogen) atoms. The second-order valence-corrected chi connectivity index (χ2v) is 4.84. The van der Waals surface area contributed by atoms with Crippen LogP contribution in [0.2, 0.25) is 0 Å². The number of nitro groups is 2. The molecule has 1 rings (SSSR count). The van der Waals surface area contributed by atoms with Gasteiger partial charge in [0.1, 0.15) is 5.71 Å². The lowest BCUT2D eigenvalue weighted by Crippen LogP contribution is -2.29. The second-order valence-electron chi connectivity index (χ2n) is 4.84. The van der Waals surface area contributed by atoms with E-state index in [4.69, 9.17) is 0 Å². The number of quaternary nitrogens is 1. The number of hydrogen-bond donors (Lipinski definition) is 0. The number of rotatable bonds is 4. The highest BCUT2D eigenvalue weighted by molar-refractivity contribution is 6.02. The summed E-state index contributed by atoms with van der Waals surface area (Å²) in [6, 6.07) is 3.53. The van der Waals surface area contributed by atoms with Crippen molar-refractivity contribution in [2.24, 2.45) is 5.10 Å². The molecule has 0 atom stereocenters. The van der Waals surface area contributed by atoms with Gasteiger partial charge in [-0.15, -0.1) is 0 Å². The average Bonchev–Trinajstić information content (AvgIpc) is 2.25. The van der Waals surface area contributed by atoms with Crippen LogP contribution in [0.4, 0.5) is 11.4 Å². The predicted octanol–water partition coefficient (Wildman–Crippen LogP) is 1.93. The maximum absolute atomic E-state index is 11.0. The van der Waals surface area contributed by atoms with E-state index in [0.717, 1.165) is 6.07 Å². The Balaban J connectivity index is 3.40. The molecule has 102 valence electrons. The molecule has 0 unspecified atom stereocenters. The van der Waals surface area contributed by atoms with Crippen LogP contribution in [0.15, 0.2) is 23.3 Å². The first-order valence-electron chi connectivity index (χ1n) is 5.43. The topological polar surface area (TPSA) is 98.6 Å². The van der Waals surface area contributed by atoms with E-state index in [9.17, 15) is 20.2 Å². The number of benzene rings is 1. The first-order valence-corrected chi connectivity index (χ1v) is 5.43. The molecule has 0 spiro atoms. The van der Waals surface area contributed by atoms with Gasteiger partial charge in [0.05, 0.1) is 42.6 Å². The van der Waals surface area contributed by atoms with Gasteiger partial charge in [0, 0.05) is 6.07 Å². The zero-order valence-corrected chi connectivity index (χ0v) is 11.2. The zero-order chi connectivity index (χ0) is 14.8. The third kappa shape index (κ3) is 3.81. The lowest BCUT2D eigenvalue weighted by atomic mass is 10.1. The molecule has 1 aromatic carbocycles. The average molecular weight is 267 g/mol. The van der Waals surface area contributed by atoms with E-state index in [0.29, 0.717) is 5.71 Å². The van der Waals surface area contributed by atoms with Crippen LogP contribution in [0.1, 0.15) is 12.5 Å². The molecule has 0 saturated carbocycles. The van der Waals surface area contributed by atoms with Crippen LogP contribution in [0.25, 0.3) is 0 Å². The lowest BCUT2D eigenvalue weighted by molar-refractivity contribution is -0.877. The Bertz CT molecular complexity index is 560. The van der Waals surface area contributed by atoms with Gasteiger partial charge in [-0.1, -0.05) is 5.10 Å². The van der Waals surface area contributed by atoms with Crippen LogP contribution in [0.3, 0.4) is 0 Å². The summed E-state index contributed by atoms with van der Waals surface area (Å²) in [5.74, 6) is 0. The van der Waals surface area contributed by atoms with Crippen molar-refractivity contribution in [3.05, 3.63) is 44.0 Å². The third-order valence-corrected chi connectivity index (χ3v) is 2.23. The molecule has 0 radical (unpaired) electrons. The second kappa shape index (κ2) is 5.11. The molecular weight excluding hydrogens is 252 g/mol. The van der Waals surface area contributed by atoms with Crippen molar-refractivity contribution in [1.82, 2.24) is 0 Å². The summed E-state index contributed by atoms with van der Waals surface area (Å²) >= 11 is 0. The fourth-order valence-electron chi connectivity index (χ4n) is 1.59. The van der Waals surface area contributed by atoms with E-state index in [2.05, 4.69) is 5.10 Å². The van der Waals surface area contributed by atoms with Gasteiger partial charge in [-0.3, -0.25) is 20.2 Å². The molecule has 1 aromatic rings. The standard InChI is InChI=1S/C11H15N4O4/c1-8(12-15(2,3)4)10-6-5-9(13(16)17)7-11(10)14(18)19/h5-7H,1-4H3/q+1/b12-8+. The minimum absolute atomic E-state index is 0.250. The SMILES string of the molecule is C/C(=N\[N+](C)(C)C)c1ccc([N+](=O)[O-])cc1[N+](=O)[O-]. The number of non-ortho nitro benzene ring substituents is 1. The Hall–Kier alpha value is -2.35. The first-order chi connectivity index (χ1) is 8.61. The van der Waals surface area contributed by atoms with Gasteiger partial charge >= 0.3 is 0 Å². The van der Waals surface area contributed by atoms with Gasteiger partial charge in [-0.05, 0) is 13.0 Å². The van der Waals surface area contributed by atoms with E-state index in [-0.39, 0.29) is 21.5 Å². The van der Waals surface area contributed by atoms with Crippen LogP contribution in [-0.4, -0.2) is 41.3 Å². The molecule has 8 nitrogen and oxygen atoms in total. The molecule has 0 N–H and O–H groups in total. The summed E-state index contributed by atoms with van der Waals surface area (Å²) in [7, 11) is 5.42. The van der Waals surface area contributed by atoms with Crippen LogP contribution in [0, 0.1) is 20.2 Å². The highest BCUT2D eigenvalue weighted by atomic mass is 16.6. The molecule has 0 aliphatic heterocycles. The smallest absolute Gasteiger partial charge is 0.258 e. The molecule has 0 aliphatic carbocycles. The fraction of sp³-hybridized carbons (Fsp3) is 0.364. The van der Waals surface area contributed by atoms with Crippen molar-refractivity contribution in [2.45, 2.75) is 6.92 Å². The highest BCUT2D eigenvalue weighted by Gasteiger charge is 2.22. The maximum Gasteiger partial charge on any atom is 0.285 e. The van der Waals surface area contributed by atoms with Crippen LogP contribution in [-0.2, 0) is 0 Å². The first kappa shape index (κ1) is 14.7. The quantitative estimate of drug-likeness (QED) is 0.360. The molecule has 0 heterocycles. The van der Waals surface area contributed by atoms with Crippen molar-refractivity contribution in [3.63, 3.8) is 0 Å². The molecule has 0 bridgehead atoms. The summed E-state index contributed by atoms with van der Waals surface area (Å²) in [5, 5.41) is 25.9. The third-order valence-electron chi connectivity index (χ3n) is 2.23. The molecule has 0 aliphatic rings. The molecule has 0 fully saturated rings. The van der Waals surface area contributed by atoms with E-state index in [1.807, 2.05) is 0 Å². The molecule has 8 heteroatoms. The molecule has 0 saturated heterocycles. The Morgan fingerprint density at radius 1 is 1.16 bits per heavy atom. The van der Waals surface area contributed by atoms with Crippen LogP contribution >= 0.6 is 0 Å². The minimum atomic E-state index is -0.664. The van der Waals surface area contributed by atoms with Gasteiger partial charge < -0.3 is 0 Å². The Morgan fingerprint density at radius 2 is 1.74 bits per heavy atom. The van der Waals surface area contributed by atoms with E-state index in [1.54, 1.807) is 28.1 Å². The van der Waals surface area contributed by atoms with E-state index < -0.39 is 9.85 Å². The number of nitro benzene ring substituents is 2. The van der Waals surface area contributed by atoms with Crippen molar-refractivity contribution >= 4 is 17.1 Å². The van der Waals surface area contributed by atoms with Crippen molar-refractivity contribution in [2.75, 3.05) is 21.1 Å². The summed E-state index contributed by atoms with van der Waals surface area (Å²) in [4.78, 5) is 20.3. The monoisotopic (exact) mass is 267 g/mol. The fourth-order valence-corrected chi connectivity index (χ4v) is 1.59. The Labute approximate surface area is 109 Å².